The van der Waals surface area contributed by atoms with E-state index in [0.29, 0.717) is 18.4 Å². The Morgan fingerprint density at radius 3 is 2.57 bits per heavy atom. The molecular weight excluding hydrogens is 354 g/mol. The second-order valence-corrected chi connectivity index (χ2v) is 7.29. The van der Waals surface area contributed by atoms with E-state index in [-0.39, 0.29) is 11.3 Å². The first-order valence-electron chi connectivity index (χ1n) is 9.47. The van der Waals surface area contributed by atoms with Crippen LogP contribution in [0.2, 0.25) is 0 Å². The Labute approximate surface area is 162 Å². The van der Waals surface area contributed by atoms with E-state index < -0.39 is 5.54 Å². The minimum atomic E-state index is -0.565. The van der Waals surface area contributed by atoms with Crippen LogP contribution in [0.4, 0.5) is 0 Å². The number of rotatable bonds is 6. The highest BCUT2D eigenvalue weighted by Crippen LogP contribution is 2.26. The lowest BCUT2D eigenvalue weighted by Gasteiger charge is -2.27. The molecule has 1 fully saturated rings. The van der Waals surface area contributed by atoms with Crippen molar-refractivity contribution in [3.63, 3.8) is 0 Å². The Balaban J connectivity index is 1.59. The molecule has 0 spiro atoms. The fraction of sp³-hybridized carbons (Fsp3) is 0.318. The van der Waals surface area contributed by atoms with Crippen molar-refractivity contribution in [2.24, 2.45) is 0 Å². The lowest BCUT2D eigenvalue weighted by Crippen LogP contribution is -2.52. The van der Waals surface area contributed by atoms with E-state index in [0.717, 1.165) is 41.6 Å². The fourth-order valence-electron chi connectivity index (χ4n) is 3.96. The molecule has 4 rings (SSSR count). The van der Waals surface area contributed by atoms with Crippen LogP contribution in [0.15, 0.2) is 53.3 Å². The van der Waals surface area contributed by atoms with Gasteiger partial charge in [-0.2, -0.15) is 5.10 Å². The highest BCUT2D eigenvalue weighted by molar-refractivity contribution is 5.94. The minimum absolute atomic E-state index is 0.159. The molecule has 0 bridgehead atoms. The third-order valence-electron chi connectivity index (χ3n) is 5.46. The van der Waals surface area contributed by atoms with Gasteiger partial charge in [0.2, 0.25) is 0 Å². The van der Waals surface area contributed by atoms with Gasteiger partial charge in [0.15, 0.2) is 5.78 Å². The number of nitrogens with zero attached hydrogens (tertiary/aromatic N) is 1. The summed E-state index contributed by atoms with van der Waals surface area (Å²) in [4.78, 5) is 24.9. The quantitative estimate of drug-likeness (QED) is 0.689. The number of methoxy groups -OCH3 is 1. The van der Waals surface area contributed by atoms with Crippen LogP contribution in [0.5, 0.6) is 0 Å². The highest BCUT2D eigenvalue weighted by atomic mass is 16.5. The number of hydrogen-bond acceptors (Lipinski definition) is 5. The average molecular weight is 377 g/mol. The van der Waals surface area contributed by atoms with Crippen LogP contribution >= 0.6 is 0 Å². The summed E-state index contributed by atoms with van der Waals surface area (Å²) >= 11 is 0. The molecule has 1 atom stereocenters. The van der Waals surface area contributed by atoms with Crippen molar-refractivity contribution in [2.75, 3.05) is 20.3 Å². The van der Waals surface area contributed by atoms with Crippen molar-refractivity contribution < 1.29 is 9.53 Å². The molecule has 1 aliphatic rings. The number of Topliss-reactive ketones (excluding diaryl/α,β-unsaturated/α-hetero) is 1. The zero-order valence-electron chi connectivity index (χ0n) is 15.8. The molecular formula is C22H23N3O3. The predicted octanol–water partition coefficient (Wildman–Crippen LogP) is 2.47. The van der Waals surface area contributed by atoms with Crippen molar-refractivity contribution in [2.45, 2.75) is 24.8 Å². The van der Waals surface area contributed by atoms with Crippen LogP contribution in [-0.2, 0) is 16.0 Å². The Bertz CT molecular complexity index is 1050. The zero-order valence-corrected chi connectivity index (χ0v) is 15.8. The van der Waals surface area contributed by atoms with Gasteiger partial charge < -0.3 is 10.1 Å². The molecule has 0 amide bonds. The topological polar surface area (TPSA) is 84.1 Å². The molecule has 2 aromatic carbocycles. The van der Waals surface area contributed by atoms with Crippen molar-refractivity contribution in [1.29, 1.82) is 0 Å². The molecule has 0 saturated carbocycles. The van der Waals surface area contributed by atoms with Crippen LogP contribution in [-0.4, -0.2) is 41.8 Å². The normalized spacial score (nSPS) is 19.2. The van der Waals surface area contributed by atoms with Gasteiger partial charge in [-0.1, -0.05) is 42.5 Å². The predicted molar refractivity (Wildman–Crippen MR) is 108 cm³/mol. The van der Waals surface area contributed by atoms with Gasteiger partial charge in [-0.15, -0.1) is 0 Å². The highest BCUT2D eigenvalue weighted by Gasteiger charge is 2.40. The van der Waals surface area contributed by atoms with E-state index in [1.165, 1.54) is 0 Å². The van der Waals surface area contributed by atoms with Gasteiger partial charge in [-0.3, -0.25) is 9.59 Å². The molecule has 1 aliphatic heterocycles. The van der Waals surface area contributed by atoms with Crippen molar-refractivity contribution in [3.05, 3.63) is 64.4 Å². The summed E-state index contributed by atoms with van der Waals surface area (Å²) in [5.74, 6) is 0.159. The number of nitrogens with one attached hydrogen (secondary N) is 2. The van der Waals surface area contributed by atoms with Crippen LogP contribution in [0.25, 0.3) is 22.0 Å². The van der Waals surface area contributed by atoms with Crippen molar-refractivity contribution in [1.82, 2.24) is 15.5 Å². The van der Waals surface area contributed by atoms with E-state index in [1.807, 2.05) is 42.5 Å². The number of fused-ring (bicyclic) bond motifs is 1. The summed E-state index contributed by atoms with van der Waals surface area (Å²) in [6.45, 7) is 1.25. The number of ether oxygens (including phenoxy) is 1. The van der Waals surface area contributed by atoms with Crippen LogP contribution in [0.1, 0.15) is 18.4 Å². The average Bonchev–Trinajstić information content (AvgIpc) is 3.20. The van der Waals surface area contributed by atoms with Gasteiger partial charge in [0.1, 0.15) is 5.54 Å². The Morgan fingerprint density at radius 2 is 1.89 bits per heavy atom. The number of H-pyrrole nitrogens is 1. The molecule has 1 aromatic heterocycles. The molecule has 0 radical (unpaired) electrons. The number of carbonyl (C=O) groups excluding carboxylic acids is 1. The first-order chi connectivity index (χ1) is 13.6. The van der Waals surface area contributed by atoms with Gasteiger partial charge >= 0.3 is 0 Å². The molecule has 144 valence electrons. The van der Waals surface area contributed by atoms with Crippen LogP contribution < -0.4 is 10.9 Å². The van der Waals surface area contributed by atoms with Crippen molar-refractivity contribution >= 4 is 16.6 Å². The van der Waals surface area contributed by atoms with Gasteiger partial charge in [-0.25, -0.2) is 5.10 Å². The van der Waals surface area contributed by atoms with E-state index >= 15 is 0 Å². The molecule has 6 nitrogen and oxygen atoms in total. The third kappa shape index (κ3) is 3.37. The first-order valence-corrected chi connectivity index (χ1v) is 9.47. The van der Waals surface area contributed by atoms with Crippen LogP contribution in [0, 0.1) is 0 Å². The van der Waals surface area contributed by atoms with Gasteiger partial charge in [-0.05, 0) is 31.0 Å². The number of carbonyl (C=O) groups is 1. The van der Waals surface area contributed by atoms with E-state index in [4.69, 9.17) is 4.74 Å². The van der Waals surface area contributed by atoms with Crippen LogP contribution in [0.3, 0.4) is 0 Å². The van der Waals surface area contributed by atoms with E-state index in [1.54, 1.807) is 13.2 Å². The number of hydrogen-bond donors (Lipinski definition) is 2. The molecule has 1 saturated heterocycles. The molecule has 0 unspecified atom stereocenters. The molecule has 2 N–H and O–H groups in total. The zero-order chi connectivity index (χ0) is 19.6. The summed E-state index contributed by atoms with van der Waals surface area (Å²) in [7, 11) is 1.63. The number of ketones is 1. The number of aromatic amines is 1. The Hall–Kier alpha value is -2.83. The second kappa shape index (κ2) is 7.66. The minimum Gasteiger partial charge on any atom is -0.382 e. The maximum Gasteiger partial charge on any atom is 0.272 e. The smallest absolute Gasteiger partial charge is 0.272 e. The molecule has 0 aliphatic carbocycles. The van der Waals surface area contributed by atoms with Crippen molar-refractivity contribution in [3.8, 4) is 11.3 Å². The monoisotopic (exact) mass is 377 g/mol. The summed E-state index contributed by atoms with van der Waals surface area (Å²) in [6, 6.07) is 15.2. The summed E-state index contributed by atoms with van der Waals surface area (Å²) in [5, 5.41) is 11.6. The molecule has 3 aromatic rings. The second-order valence-electron chi connectivity index (χ2n) is 7.29. The lowest BCUT2D eigenvalue weighted by atomic mass is 9.88. The van der Waals surface area contributed by atoms with Gasteiger partial charge in [0, 0.05) is 24.5 Å². The van der Waals surface area contributed by atoms with E-state index in [9.17, 15) is 9.59 Å². The standard InChI is InChI=1S/C22H23N3O3/c1-28-14-22(11-4-12-23-22)19(26)13-15-7-9-16(10-8-15)20-17-5-2-3-6-18(17)21(27)25-24-20/h2-3,5-10,23H,4,11-14H2,1H3,(H,25,27)/t22-/m0/s1. The van der Waals surface area contributed by atoms with E-state index in [2.05, 4.69) is 15.5 Å². The Kier molecular flexibility index (Phi) is 5.07. The summed E-state index contributed by atoms with van der Waals surface area (Å²) < 4.78 is 5.29. The fourth-order valence-corrected chi connectivity index (χ4v) is 3.96. The van der Waals surface area contributed by atoms with Gasteiger partial charge in [0.25, 0.3) is 5.56 Å². The summed E-state index contributed by atoms with van der Waals surface area (Å²) in [6.07, 6.45) is 2.15. The molecule has 28 heavy (non-hydrogen) atoms. The number of aromatic nitrogens is 2. The SMILES string of the molecule is COC[C@]1(C(=O)Cc2ccc(-c3n[nH]c(=O)c4ccccc34)cc2)CCCN1. The molecule has 6 heteroatoms. The third-order valence-corrected chi connectivity index (χ3v) is 5.46. The summed E-state index contributed by atoms with van der Waals surface area (Å²) in [5.41, 5.74) is 1.81. The Morgan fingerprint density at radius 1 is 1.14 bits per heavy atom. The lowest BCUT2D eigenvalue weighted by molar-refractivity contribution is -0.126. The largest absolute Gasteiger partial charge is 0.382 e. The maximum atomic E-state index is 12.9. The number of benzene rings is 2. The van der Waals surface area contributed by atoms with Gasteiger partial charge in [0.05, 0.1) is 17.7 Å². The molecule has 2 heterocycles. The first kappa shape index (κ1) is 18.5. The maximum absolute atomic E-state index is 12.9.